The van der Waals surface area contributed by atoms with Gasteiger partial charge in [-0.15, -0.1) is 0 Å². The average molecular weight is 374 g/mol. The maximum atomic E-state index is 11.7. The van der Waals surface area contributed by atoms with Crippen molar-refractivity contribution in [1.29, 1.82) is 0 Å². The molecule has 0 aromatic heterocycles. The van der Waals surface area contributed by atoms with Crippen molar-refractivity contribution in [3.63, 3.8) is 0 Å². The van der Waals surface area contributed by atoms with Gasteiger partial charge in [-0.05, 0) is 39.0 Å². The Labute approximate surface area is 161 Å². The number of nitrogens with one attached hydrogen (secondary N) is 1. The van der Waals surface area contributed by atoms with Gasteiger partial charge in [-0.1, -0.05) is 78.1 Å². The third-order valence-electron chi connectivity index (χ3n) is 4.79. The first-order chi connectivity index (χ1) is 12.0. The average Bonchev–Trinajstić information content (AvgIpc) is 2.56. The largest absolute Gasteiger partial charge is 0.480 e. The minimum atomic E-state index is -0.716. The molecule has 150 valence electrons. The number of thioether (sulfide) groups is 1. The van der Waals surface area contributed by atoms with Crippen LogP contribution in [-0.4, -0.2) is 34.2 Å². The summed E-state index contributed by atoms with van der Waals surface area (Å²) in [4.78, 5) is 11.7. The number of hydrogen-bond donors (Lipinski definition) is 2. The molecule has 0 aromatic rings. The van der Waals surface area contributed by atoms with E-state index in [9.17, 15) is 9.90 Å². The Morgan fingerprint density at radius 2 is 1.36 bits per heavy atom. The molecule has 25 heavy (non-hydrogen) atoms. The second-order valence-corrected chi connectivity index (χ2v) is 9.46. The SMILES string of the molecule is CCCCCCCCN[C@H](C(=O)O)C(C)(C)SCCCCCCCC. The van der Waals surface area contributed by atoms with Crippen LogP contribution in [0.25, 0.3) is 0 Å². The molecule has 0 unspecified atom stereocenters. The van der Waals surface area contributed by atoms with Gasteiger partial charge >= 0.3 is 5.97 Å². The van der Waals surface area contributed by atoms with E-state index < -0.39 is 12.0 Å². The predicted octanol–water partition coefficient (Wildman–Crippen LogP) is 6.26. The lowest BCUT2D eigenvalue weighted by atomic mass is 10.0. The van der Waals surface area contributed by atoms with Crippen molar-refractivity contribution in [3.8, 4) is 0 Å². The summed E-state index contributed by atoms with van der Waals surface area (Å²) in [6, 6.07) is -0.465. The number of carboxylic acid groups (broad SMARTS) is 1. The molecule has 0 aromatic carbocycles. The minimum Gasteiger partial charge on any atom is -0.480 e. The third kappa shape index (κ3) is 13.6. The lowest BCUT2D eigenvalue weighted by Gasteiger charge is -2.31. The normalized spacial score (nSPS) is 13.1. The number of unbranched alkanes of at least 4 members (excludes halogenated alkanes) is 10. The summed E-state index contributed by atoms with van der Waals surface area (Å²) in [6.07, 6.45) is 15.2. The molecule has 0 aliphatic rings. The molecule has 0 bridgehead atoms. The summed E-state index contributed by atoms with van der Waals surface area (Å²) in [6.45, 7) is 9.42. The van der Waals surface area contributed by atoms with Crippen molar-refractivity contribution in [3.05, 3.63) is 0 Å². The molecule has 3 nitrogen and oxygen atoms in total. The first kappa shape index (κ1) is 24.8. The van der Waals surface area contributed by atoms with Crippen LogP contribution in [-0.2, 0) is 4.79 Å². The number of aliphatic carboxylic acids is 1. The van der Waals surface area contributed by atoms with E-state index in [0.29, 0.717) is 0 Å². The van der Waals surface area contributed by atoms with E-state index in [1.165, 1.54) is 70.6 Å². The quantitative estimate of drug-likeness (QED) is 0.278. The van der Waals surface area contributed by atoms with E-state index in [1.54, 1.807) is 0 Å². The van der Waals surface area contributed by atoms with E-state index in [4.69, 9.17) is 0 Å². The van der Waals surface area contributed by atoms with Gasteiger partial charge in [0.15, 0.2) is 0 Å². The molecule has 4 heteroatoms. The Morgan fingerprint density at radius 1 is 0.880 bits per heavy atom. The molecule has 0 saturated carbocycles. The lowest BCUT2D eigenvalue weighted by Crippen LogP contribution is -2.50. The molecule has 0 fully saturated rings. The van der Waals surface area contributed by atoms with Gasteiger partial charge in [0.25, 0.3) is 0 Å². The second-order valence-electron chi connectivity index (χ2n) is 7.71. The maximum Gasteiger partial charge on any atom is 0.322 e. The standard InChI is InChI=1S/C21H43NO2S/c1-5-7-9-11-13-15-17-22-19(20(23)24)21(3,4)25-18-16-14-12-10-8-6-2/h19,22H,5-18H2,1-4H3,(H,23,24)/t19-/m1/s1. The van der Waals surface area contributed by atoms with E-state index in [-0.39, 0.29) is 4.75 Å². The molecular weight excluding hydrogens is 330 g/mol. The Kier molecular flexibility index (Phi) is 15.8. The van der Waals surface area contributed by atoms with Gasteiger partial charge in [0.05, 0.1) is 0 Å². The molecule has 0 radical (unpaired) electrons. The van der Waals surface area contributed by atoms with Crippen molar-refractivity contribution in [2.75, 3.05) is 12.3 Å². The van der Waals surface area contributed by atoms with Crippen LogP contribution in [0.3, 0.4) is 0 Å². The Morgan fingerprint density at radius 3 is 1.88 bits per heavy atom. The Balaban J connectivity index is 3.98. The highest BCUT2D eigenvalue weighted by Crippen LogP contribution is 2.29. The summed E-state index contributed by atoms with van der Waals surface area (Å²) in [5.74, 6) is 0.341. The monoisotopic (exact) mass is 373 g/mol. The van der Waals surface area contributed by atoms with Gasteiger partial charge in [0.2, 0.25) is 0 Å². The fraction of sp³-hybridized carbons (Fsp3) is 0.952. The fourth-order valence-electron chi connectivity index (χ4n) is 3.08. The van der Waals surface area contributed by atoms with Gasteiger partial charge in [0.1, 0.15) is 6.04 Å². The summed E-state index contributed by atoms with van der Waals surface area (Å²) in [5, 5.41) is 12.9. The maximum absolute atomic E-state index is 11.7. The molecule has 0 rings (SSSR count). The highest BCUT2D eigenvalue weighted by Gasteiger charge is 2.34. The van der Waals surface area contributed by atoms with Gasteiger partial charge in [-0.2, -0.15) is 11.8 Å². The van der Waals surface area contributed by atoms with Crippen LogP contribution in [0.1, 0.15) is 105 Å². The number of carbonyl (C=O) groups is 1. The smallest absolute Gasteiger partial charge is 0.322 e. The van der Waals surface area contributed by atoms with Crippen LogP contribution in [0, 0.1) is 0 Å². The number of carboxylic acids is 1. The van der Waals surface area contributed by atoms with Gasteiger partial charge in [-0.3, -0.25) is 4.79 Å². The highest BCUT2D eigenvalue weighted by atomic mass is 32.2. The molecule has 2 N–H and O–H groups in total. The molecule has 0 aliphatic heterocycles. The van der Waals surface area contributed by atoms with Gasteiger partial charge in [0, 0.05) is 4.75 Å². The van der Waals surface area contributed by atoms with Crippen LogP contribution in [0.15, 0.2) is 0 Å². The van der Waals surface area contributed by atoms with Gasteiger partial charge < -0.3 is 10.4 Å². The van der Waals surface area contributed by atoms with Crippen molar-refractivity contribution < 1.29 is 9.90 Å². The van der Waals surface area contributed by atoms with E-state index in [0.717, 1.165) is 18.7 Å². The number of rotatable bonds is 18. The molecule has 0 spiro atoms. The van der Waals surface area contributed by atoms with Gasteiger partial charge in [-0.25, -0.2) is 0 Å². The van der Waals surface area contributed by atoms with Crippen LogP contribution in [0.4, 0.5) is 0 Å². The van der Waals surface area contributed by atoms with E-state index >= 15 is 0 Å². The molecule has 0 heterocycles. The third-order valence-corrected chi connectivity index (χ3v) is 6.27. The summed E-state index contributed by atoms with van der Waals surface area (Å²) in [7, 11) is 0. The zero-order valence-electron chi connectivity index (χ0n) is 17.2. The minimum absolute atomic E-state index is 0.266. The van der Waals surface area contributed by atoms with Crippen molar-refractivity contribution in [1.82, 2.24) is 5.32 Å². The predicted molar refractivity (Wildman–Crippen MR) is 113 cm³/mol. The first-order valence-corrected chi connectivity index (χ1v) is 11.5. The number of hydrogen-bond acceptors (Lipinski definition) is 3. The zero-order chi connectivity index (χ0) is 19.0. The Hall–Kier alpha value is -0.220. The molecule has 0 amide bonds. The van der Waals surface area contributed by atoms with Crippen molar-refractivity contribution in [2.24, 2.45) is 0 Å². The zero-order valence-corrected chi connectivity index (χ0v) is 18.1. The lowest BCUT2D eigenvalue weighted by molar-refractivity contribution is -0.140. The summed E-state index contributed by atoms with van der Waals surface area (Å²) < 4.78 is -0.266. The highest BCUT2D eigenvalue weighted by molar-refractivity contribution is 8.00. The van der Waals surface area contributed by atoms with E-state index in [2.05, 4.69) is 33.0 Å². The second kappa shape index (κ2) is 16.0. The van der Waals surface area contributed by atoms with E-state index in [1.807, 2.05) is 11.8 Å². The molecule has 0 aliphatic carbocycles. The molecule has 0 saturated heterocycles. The van der Waals surface area contributed by atoms with Crippen molar-refractivity contribution in [2.45, 2.75) is 116 Å². The first-order valence-electron chi connectivity index (χ1n) is 10.6. The van der Waals surface area contributed by atoms with Crippen molar-refractivity contribution >= 4 is 17.7 Å². The molecular formula is C21H43NO2S. The summed E-state index contributed by atoms with van der Waals surface area (Å²) >= 11 is 1.81. The summed E-state index contributed by atoms with van der Waals surface area (Å²) in [5.41, 5.74) is 0. The van der Waals surface area contributed by atoms with Crippen LogP contribution in [0.2, 0.25) is 0 Å². The van der Waals surface area contributed by atoms with Crippen LogP contribution >= 0.6 is 11.8 Å². The Bertz CT molecular complexity index is 321. The molecule has 1 atom stereocenters. The fourth-order valence-corrected chi connectivity index (χ4v) is 4.31. The van der Waals surface area contributed by atoms with Crippen LogP contribution in [0.5, 0.6) is 0 Å². The topological polar surface area (TPSA) is 49.3 Å². The van der Waals surface area contributed by atoms with Crippen LogP contribution < -0.4 is 5.32 Å².